The van der Waals surface area contributed by atoms with Gasteiger partial charge in [-0.1, -0.05) is 6.92 Å². The summed E-state index contributed by atoms with van der Waals surface area (Å²) >= 11 is 0. The molecular weight excluding hydrogens is 162 g/mol. The lowest BCUT2D eigenvalue weighted by molar-refractivity contribution is -0.121. The van der Waals surface area contributed by atoms with E-state index in [1.807, 2.05) is 0 Å². The normalized spacial score (nSPS) is 29.5. The maximum absolute atomic E-state index is 11.6. The predicted molar refractivity (Wildman–Crippen MR) is 52.6 cm³/mol. The lowest BCUT2D eigenvalue weighted by Gasteiger charge is -2.22. The molecule has 1 aliphatic heterocycles. The van der Waals surface area contributed by atoms with Crippen LogP contribution in [0, 0.1) is 5.92 Å². The van der Waals surface area contributed by atoms with Crippen molar-refractivity contribution in [2.24, 2.45) is 5.92 Å². The van der Waals surface area contributed by atoms with Crippen molar-refractivity contribution in [2.45, 2.75) is 45.1 Å². The number of hydrogen-bond acceptors (Lipinski definition) is 2. The van der Waals surface area contributed by atoms with Crippen molar-refractivity contribution in [3.05, 3.63) is 0 Å². The van der Waals surface area contributed by atoms with Crippen LogP contribution in [0.4, 0.5) is 0 Å². The topological polar surface area (TPSA) is 20.3 Å². The van der Waals surface area contributed by atoms with Crippen LogP contribution in [-0.4, -0.2) is 29.8 Å². The summed E-state index contributed by atoms with van der Waals surface area (Å²) in [7, 11) is 0. The molecule has 2 aliphatic rings. The van der Waals surface area contributed by atoms with Crippen molar-refractivity contribution < 1.29 is 4.79 Å². The van der Waals surface area contributed by atoms with Gasteiger partial charge in [0.15, 0.2) is 0 Å². The Morgan fingerprint density at radius 3 is 2.77 bits per heavy atom. The van der Waals surface area contributed by atoms with Crippen LogP contribution in [0.25, 0.3) is 0 Å². The van der Waals surface area contributed by atoms with E-state index in [0.717, 1.165) is 25.9 Å². The van der Waals surface area contributed by atoms with Gasteiger partial charge in [0.05, 0.1) is 6.54 Å². The molecule has 2 heteroatoms. The molecule has 2 nitrogen and oxygen atoms in total. The molecule has 0 amide bonds. The molecule has 1 aliphatic carbocycles. The zero-order valence-electron chi connectivity index (χ0n) is 8.46. The Morgan fingerprint density at radius 1 is 1.38 bits per heavy atom. The maximum Gasteiger partial charge on any atom is 0.149 e. The lowest BCUT2D eigenvalue weighted by atomic mass is 10.1. The molecule has 1 saturated heterocycles. The average molecular weight is 181 g/mol. The molecule has 0 aromatic carbocycles. The SMILES string of the molecule is CCC1CCCN1CC(=O)C1CC1. The Bertz CT molecular complexity index is 198. The van der Waals surface area contributed by atoms with Crippen LogP contribution in [0.3, 0.4) is 0 Å². The van der Waals surface area contributed by atoms with Crippen LogP contribution >= 0.6 is 0 Å². The van der Waals surface area contributed by atoms with E-state index in [2.05, 4.69) is 11.8 Å². The molecule has 1 heterocycles. The summed E-state index contributed by atoms with van der Waals surface area (Å²) in [6, 6.07) is 0.697. The van der Waals surface area contributed by atoms with Gasteiger partial charge in [-0.2, -0.15) is 0 Å². The van der Waals surface area contributed by atoms with Crippen LogP contribution < -0.4 is 0 Å². The minimum Gasteiger partial charge on any atom is -0.298 e. The summed E-state index contributed by atoms with van der Waals surface area (Å²) in [5.74, 6) is 0.943. The summed E-state index contributed by atoms with van der Waals surface area (Å²) in [5, 5.41) is 0. The van der Waals surface area contributed by atoms with E-state index in [4.69, 9.17) is 0 Å². The second kappa shape index (κ2) is 3.79. The predicted octanol–water partition coefficient (Wildman–Crippen LogP) is 1.84. The fourth-order valence-electron chi connectivity index (χ4n) is 2.30. The number of ketones is 1. The quantitative estimate of drug-likeness (QED) is 0.659. The van der Waals surface area contributed by atoms with E-state index in [1.165, 1.54) is 19.3 Å². The van der Waals surface area contributed by atoms with Gasteiger partial charge in [0.2, 0.25) is 0 Å². The van der Waals surface area contributed by atoms with Gasteiger partial charge in [-0.3, -0.25) is 9.69 Å². The van der Waals surface area contributed by atoms with Gasteiger partial charge in [-0.05, 0) is 38.6 Å². The molecule has 1 saturated carbocycles. The van der Waals surface area contributed by atoms with Gasteiger partial charge in [0.1, 0.15) is 5.78 Å². The second-order valence-electron chi connectivity index (χ2n) is 4.42. The molecule has 0 N–H and O–H groups in total. The molecule has 13 heavy (non-hydrogen) atoms. The number of likely N-dealkylation sites (tertiary alicyclic amines) is 1. The first-order valence-corrected chi connectivity index (χ1v) is 5.58. The Hall–Kier alpha value is -0.370. The highest BCUT2D eigenvalue weighted by molar-refractivity contribution is 5.85. The molecule has 2 fully saturated rings. The molecular formula is C11H19NO. The van der Waals surface area contributed by atoms with Gasteiger partial charge in [-0.25, -0.2) is 0 Å². The Balaban J connectivity index is 1.82. The second-order valence-corrected chi connectivity index (χ2v) is 4.42. The summed E-state index contributed by atoms with van der Waals surface area (Å²) in [6.07, 6.45) is 6.11. The number of carbonyl (C=O) groups is 1. The smallest absolute Gasteiger partial charge is 0.149 e. The van der Waals surface area contributed by atoms with Crippen LogP contribution in [0.5, 0.6) is 0 Å². The zero-order valence-corrected chi connectivity index (χ0v) is 8.46. The van der Waals surface area contributed by atoms with Crippen molar-refractivity contribution in [1.29, 1.82) is 0 Å². The Morgan fingerprint density at radius 2 is 2.15 bits per heavy atom. The summed E-state index contributed by atoms with van der Waals surface area (Å²) in [4.78, 5) is 14.0. The van der Waals surface area contributed by atoms with Crippen molar-refractivity contribution in [3.63, 3.8) is 0 Å². The van der Waals surface area contributed by atoms with Gasteiger partial charge in [0.25, 0.3) is 0 Å². The van der Waals surface area contributed by atoms with Crippen molar-refractivity contribution >= 4 is 5.78 Å². The van der Waals surface area contributed by atoms with Crippen molar-refractivity contribution in [1.82, 2.24) is 4.90 Å². The fourth-order valence-corrected chi connectivity index (χ4v) is 2.30. The highest BCUT2D eigenvalue weighted by Gasteiger charge is 2.32. The van der Waals surface area contributed by atoms with Crippen LogP contribution in [-0.2, 0) is 4.79 Å². The molecule has 2 rings (SSSR count). The monoisotopic (exact) mass is 181 g/mol. The highest BCUT2D eigenvalue weighted by Crippen LogP contribution is 2.31. The molecule has 0 aromatic heterocycles. The van der Waals surface area contributed by atoms with E-state index in [9.17, 15) is 4.79 Å². The first-order valence-electron chi connectivity index (χ1n) is 5.58. The van der Waals surface area contributed by atoms with Crippen molar-refractivity contribution in [2.75, 3.05) is 13.1 Å². The molecule has 1 atom stereocenters. The molecule has 0 bridgehead atoms. The molecule has 0 radical (unpaired) electrons. The summed E-state index contributed by atoms with van der Waals surface area (Å²) in [6.45, 7) is 4.12. The Labute approximate surface area is 80.3 Å². The highest BCUT2D eigenvalue weighted by atomic mass is 16.1. The van der Waals surface area contributed by atoms with E-state index in [1.54, 1.807) is 0 Å². The fraction of sp³-hybridized carbons (Fsp3) is 0.909. The number of hydrogen-bond donors (Lipinski definition) is 0. The number of carbonyl (C=O) groups excluding carboxylic acids is 1. The maximum atomic E-state index is 11.6. The number of Topliss-reactive ketones (excluding diaryl/α,β-unsaturated/α-hetero) is 1. The van der Waals surface area contributed by atoms with E-state index in [0.29, 0.717) is 17.7 Å². The molecule has 0 aromatic rings. The first-order chi connectivity index (χ1) is 6.31. The van der Waals surface area contributed by atoms with E-state index >= 15 is 0 Å². The van der Waals surface area contributed by atoms with Gasteiger partial charge >= 0.3 is 0 Å². The summed E-state index contributed by atoms with van der Waals surface area (Å²) < 4.78 is 0. The van der Waals surface area contributed by atoms with Gasteiger partial charge in [0, 0.05) is 12.0 Å². The Kier molecular flexibility index (Phi) is 2.68. The third-order valence-electron chi connectivity index (χ3n) is 3.36. The standard InChI is InChI=1S/C11H19NO/c1-2-10-4-3-7-12(10)8-11(13)9-5-6-9/h9-10H,2-8H2,1H3. The van der Waals surface area contributed by atoms with Gasteiger partial charge in [-0.15, -0.1) is 0 Å². The third kappa shape index (κ3) is 2.11. The first kappa shape index (κ1) is 9.20. The largest absolute Gasteiger partial charge is 0.298 e. The minimum atomic E-state index is 0.443. The lowest BCUT2D eigenvalue weighted by Crippen LogP contribution is -2.34. The molecule has 0 spiro atoms. The number of rotatable bonds is 4. The van der Waals surface area contributed by atoms with E-state index in [-0.39, 0.29) is 0 Å². The summed E-state index contributed by atoms with van der Waals surface area (Å²) in [5.41, 5.74) is 0. The molecule has 1 unspecified atom stereocenters. The van der Waals surface area contributed by atoms with Crippen LogP contribution in [0.2, 0.25) is 0 Å². The van der Waals surface area contributed by atoms with Gasteiger partial charge < -0.3 is 0 Å². The van der Waals surface area contributed by atoms with Crippen molar-refractivity contribution in [3.8, 4) is 0 Å². The molecule has 74 valence electrons. The van der Waals surface area contributed by atoms with Crippen LogP contribution in [0.1, 0.15) is 39.0 Å². The zero-order chi connectivity index (χ0) is 9.26. The third-order valence-corrected chi connectivity index (χ3v) is 3.36. The van der Waals surface area contributed by atoms with Crippen LogP contribution in [0.15, 0.2) is 0 Å². The average Bonchev–Trinajstić information content (AvgIpc) is 2.88. The minimum absolute atomic E-state index is 0.443. The number of nitrogens with zero attached hydrogens (tertiary/aromatic N) is 1. The van der Waals surface area contributed by atoms with E-state index < -0.39 is 0 Å².